The molecule has 3 nitrogen and oxygen atoms in total. The second-order valence-electron chi connectivity index (χ2n) is 4.78. The van der Waals surface area contributed by atoms with Crippen molar-refractivity contribution in [1.82, 2.24) is 0 Å². The molecule has 0 aromatic carbocycles. The quantitative estimate of drug-likeness (QED) is 0.709. The van der Waals surface area contributed by atoms with Crippen molar-refractivity contribution in [3.63, 3.8) is 0 Å². The number of hydrogen-bond acceptors (Lipinski definition) is 2. The van der Waals surface area contributed by atoms with Gasteiger partial charge in [-0.1, -0.05) is 27.7 Å². The van der Waals surface area contributed by atoms with E-state index in [0.29, 0.717) is 0 Å². The van der Waals surface area contributed by atoms with Gasteiger partial charge in [-0.25, -0.2) is 0 Å². The molecule has 0 spiro atoms. The number of carboxylic acid groups (broad SMARTS) is 1. The van der Waals surface area contributed by atoms with Crippen LogP contribution in [0.25, 0.3) is 0 Å². The van der Waals surface area contributed by atoms with Gasteiger partial charge in [0.2, 0.25) is 0 Å². The number of carbonyl (C=O) groups is 1. The average Bonchev–Trinajstić information content (AvgIpc) is 1.82. The fourth-order valence-corrected chi connectivity index (χ4v) is 1.66. The van der Waals surface area contributed by atoms with E-state index in [1.54, 1.807) is 13.8 Å². The molecule has 0 aliphatic carbocycles. The summed E-state index contributed by atoms with van der Waals surface area (Å²) in [7, 11) is 0. The Kier molecular flexibility index (Phi) is 3.91. The van der Waals surface area contributed by atoms with E-state index in [1.165, 1.54) is 0 Å². The second kappa shape index (κ2) is 4.09. The minimum Gasteiger partial charge on any atom is -0.481 e. The van der Waals surface area contributed by atoms with Gasteiger partial charge in [0.15, 0.2) is 0 Å². The fourth-order valence-electron chi connectivity index (χ4n) is 1.66. The van der Waals surface area contributed by atoms with Crippen molar-refractivity contribution in [1.29, 1.82) is 0 Å². The summed E-state index contributed by atoms with van der Waals surface area (Å²) < 4.78 is 0. The number of hydrogen-bond donors (Lipinski definition) is 2. The topological polar surface area (TPSA) is 57.5 Å². The summed E-state index contributed by atoms with van der Waals surface area (Å²) in [6.45, 7) is 9.04. The zero-order valence-electron chi connectivity index (χ0n) is 9.03. The van der Waals surface area contributed by atoms with Crippen LogP contribution in [-0.2, 0) is 4.79 Å². The highest BCUT2D eigenvalue weighted by molar-refractivity contribution is 5.71. The zero-order chi connectivity index (χ0) is 10.8. The monoisotopic (exact) mass is 188 g/mol. The van der Waals surface area contributed by atoms with Gasteiger partial charge < -0.3 is 10.2 Å². The second-order valence-corrected chi connectivity index (χ2v) is 4.78. The molecule has 0 saturated carbocycles. The molecule has 0 amide bonds. The lowest BCUT2D eigenvalue weighted by atomic mass is 9.72. The van der Waals surface area contributed by atoms with Crippen molar-refractivity contribution in [2.75, 3.05) is 0 Å². The number of aliphatic hydroxyl groups excluding tert-OH is 1. The van der Waals surface area contributed by atoms with E-state index >= 15 is 0 Å². The van der Waals surface area contributed by atoms with E-state index in [-0.39, 0.29) is 11.3 Å². The summed E-state index contributed by atoms with van der Waals surface area (Å²) in [6.07, 6.45) is -0.583. The van der Waals surface area contributed by atoms with Crippen molar-refractivity contribution in [2.24, 2.45) is 17.3 Å². The molecule has 0 fully saturated rings. The Morgan fingerprint density at radius 1 is 1.23 bits per heavy atom. The van der Waals surface area contributed by atoms with Crippen LogP contribution in [0.3, 0.4) is 0 Å². The predicted molar refractivity (Wildman–Crippen MR) is 51.4 cm³/mol. The highest BCUT2D eigenvalue weighted by Crippen LogP contribution is 2.33. The number of aliphatic carboxylic acids is 1. The van der Waals surface area contributed by atoms with Crippen molar-refractivity contribution in [3.8, 4) is 0 Å². The average molecular weight is 188 g/mol. The third-order valence-electron chi connectivity index (χ3n) is 2.49. The molecule has 3 atom stereocenters. The standard InChI is InChI=1S/C10H20O3/c1-6(7(2)11)8(9(12)13)10(3,4)5/h6-8,11H,1-5H3,(H,12,13). The summed E-state index contributed by atoms with van der Waals surface area (Å²) in [4.78, 5) is 11.0. The van der Waals surface area contributed by atoms with Crippen LogP contribution in [0, 0.1) is 17.3 Å². The van der Waals surface area contributed by atoms with Crippen LogP contribution in [-0.4, -0.2) is 22.3 Å². The van der Waals surface area contributed by atoms with Gasteiger partial charge in [0.05, 0.1) is 12.0 Å². The molecule has 2 N–H and O–H groups in total. The van der Waals surface area contributed by atoms with Crippen molar-refractivity contribution < 1.29 is 15.0 Å². The van der Waals surface area contributed by atoms with Crippen molar-refractivity contribution in [2.45, 2.75) is 40.7 Å². The van der Waals surface area contributed by atoms with E-state index in [9.17, 15) is 9.90 Å². The van der Waals surface area contributed by atoms with E-state index < -0.39 is 18.0 Å². The molecule has 0 radical (unpaired) electrons. The number of rotatable bonds is 3. The molecule has 0 aliphatic heterocycles. The van der Waals surface area contributed by atoms with Crippen molar-refractivity contribution >= 4 is 5.97 Å². The minimum absolute atomic E-state index is 0.225. The summed E-state index contributed by atoms with van der Waals surface area (Å²) in [5, 5.41) is 18.4. The van der Waals surface area contributed by atoms with Crippen LogP contribution >= 0.6 is 0 Å². The summed E-state index contributed by atoms with van der Waals surface area (Å²) in [5.74, 6) is -1.56. The Labute approximate surface area is 79.8 Å². The molecule has 3 heteroatoms. The molecule has 0 saturated heterocycles. The molecule has 0 aromatic heterocycles. The SMILES string of the molecule is CC(O)C(C)C(C(=O)O)C(C)(C)C. The summed E-state index contributed by atoms with van der Waals surface area (Å²) in [6, 6.07) is 0. The van der Waals surface area contributed by atoms with E-state index in [0.717, 1.165) is 0 Å². The summed E-state index contributed by atoms with van der Waals surface area (Å²) in [5.41, 5.74) is -0.317. The summed E-state index contributed by atoms with van der Waals surface area (Å²) >= 11 is 0. The van der Waals surface area contributed by atoms with Crippen LogP contribution in [0.1, 0.15) is 34.6 Å². The highest BCUT2D eigenvalue weighted by Gasteiger charge is 2.37. The molecule has 0 rings (SSSR count). The highest BCUT2D eigenvalue weighted by atomic mass is 16.4. The van der Waals surface area contributed by atoms with Gasteiger partial charge in [0.25, 0.3) is 0 Å². The minimum atomic E-state index is -0.832. The van der Waals surface area contributed by atoms with E-state index in [4.69, 9.17) is 5.11 Å². The molecule has 3 unspecified atom stereocenters. The normalized spacial score (nSPS) is 19.2. The van der Waals surface area contributed by atoms with Gasteiger partial charge in [-0.2, -0.15) is 0 Å². The van der Waals surface area contributed by atoms with Crippen molar-refractivity contribution in [3.05, 3.63) is 0 Å². The lowest BCUT2D eigenvalue weighted by Crippen LogP contribution is -2.38. The third kappa shape index (κ3) is 3.35. The van der Waals surface area contributed by atoms with Crippen LogP contribution in [0.5, 0.6) is 0 Å². The zero-order valence-corrected chi connectivity index (χ0v) is 9.03. The molecular formula is C10H20O3. The number of carboxylic acids is 1. The molecule has 0 heterocycles. The lowest BCUT2D eigenvalue weighted by Gasteiger charge is -2.33. The smallest absolute Gasteiger partial charge is 0.307 e. The van der Waals surface area contributed by atoms with Gasteiger partial charge in [0.1, 0.15) is 0 Å². The predicted octanol–water partition coefficient (Wildman–Crippen LogP) is 1.75. The first-order chi connectivity index (χ1) is 5.68. The van der Waals surface area contributed by atoms with Crippen LogP contribution in [0.4, 0.5) is 0 Å². The number of aliphatic hydroxyl groups is 1. The Bertz CT molecular complexity index is 179. The van der Waals surface area contributed by atoms with Gasteiger partial charge in [-0.15, -0.1) is 0 Å². The van der Waals surface area contributed by atoms with Gasteiger partial charge in [-0.3, -0.25) is 4.79 Å². The maximum Gasteiger partial charge on any atom is 0.307 e. The lowest BCUT2D eigenvalue weighted by molar-refractivity contribution is -0.150. The first-order valence-electron chi connectivity index (χ1n) is 4.58. The Balaban J connectivity index is 4.72. The van der Waals surface area contributed by atoms with Gasteiger partial charge in [-0.05, 0) is 18.3 Å². The largest absolute Gasteiger partial charge is 0.481 e. The first-order valence-corrected chi connectivity index (χ1v) is 4.58. The third-order valence-corrected chi connectivity index (χ3v) is 2.49. The van der Waals surface area contributed by atoms with Crippen LogP contribution in [0.15, 0.2) is 0 Å². The van der Waals surface area contributed by atoms with Crippen LogP contribution < -0.4 is 0 Å². The molecule has 13 heavy (non-hydrogen) atoms. The molecular weight excluding hydrogens is 168 g/mol. The van der Waals surface area contributed by atoms with Gasteiger partial charge in [0, 0.05) is 0 Å². The fraction of sp³-hybridized carbons (Fsp3) is 0.900. The van der Waals surface area contributed by atoms with E-state index in [2.05, 4.69) is 0 Å². The first kappa shape index (κ1) is 12.4. The Hall–Kier alpha value is -0.570. The Morgan fingerprint density at radius 3 is 1.69 bits per heavy atom. The molecule has 0 aliphatic rings. The van der Waals surface area contributed by atoms with E-state index in [1.807, 2.05) is 20.8 Å². The van der Waals surface area contributed by atoms with Crippen LogP contribution in [0.2, 0.25) is 0 Å². The molecule has 0 bridgehead atoms. The Morgan fingerprint density at radius 2 is 1.62 bits per heavy atom. The maximum atomic E-state index is 11.0. The molecule has 0 aromatic rings. The molecule has 78 valence electrons. The van der Waals surface area contributed by atoms with Gasteiger partial charge >= 0.3 is 5.97 Å². The maximum absolute atomic E-state index is 11.0.